The Morgan fingerprint density at radius 1 is 1.25 bits per heavy atom. The molecule has 4 rings (SSSR count). The molecule has 0 spiro atoms. The molecule has 4 atom stereocenters. The first-order valence-electron chi connectivity index (χ1n) is 10.3. The highest BCUT2D eigenvalue weighted by Gasteiger charge is 2.43. The zero-order valence-corrected chi connectivity index (χ0v) is 17.1. The number of nitrogens with one attached hydrogen (secondary N) is 1. The molecule has 3 fully saturated rings. The lowest BCUT2D eigenvalue weighted by Gasteiger charge is -2.42. The van der Waals surface area contributed by atoms with E-state index in [4.69, 9.17) is 14.2 Å². The Bertz CT molecular complexity index is 690. The van der Waals surface area contributed by atoms with Crippen LogP contribution in [0.15, 0.2) is 24.3 Å². The number of morpholine rings is 1. The Morgan fingerprint density at radius 2 is 2.04 bits per heavy atom. The number of nitrogens with zero attached hydrogens (tertiary/aromatic N) is 1. The predicted molar refractivity (Wildman–Crippen MR) is 106 cm³/mol. The monoisotopic (exact) mass is 388 g/mol. The number of esters is 1. The molecule has 0 aliphatic carbocycles. The maximum Gasteiger partial charge on any atom is 0.310 e. The highest BCUT2D eigenvalue weighted by Crippen LogP contribution is 2.38. The zero-order valence-electron chi connectivity index (χ0n) is 17.1. The van der Waals surface area contributed by atoms with Gasteiger partial charge in [0.05, 0.1) is 39.5 Å². The lowest BCUT2D eigenvalue weighted by molar-refractivity contribution is -0.148. The molecule has 1 aromatic rings. The summed E-state index contributed by atoms with van der Waals surface area (Å²) in [5.74, 6) is 0.0853. The fourth-order valence-electron chi connectivity index (χ4n) is 4.77. The van der Waals surface area contributed by atoms with Crippen molar-refractivity contribution >= 4 is 5.97 Å². The number of fused-ring (bicyclic) bond motifs is 1. The Morgan fingerprint density at radius 3 is 2.75 bits per heavy atom. The van der Waals surface area contributed by atoms with Gasteiger partial charge in [-0.1, -0.05) is 24.3 Å². The molecule has 0 aromatic heterocycles. The van der Waals surface area contributed by atoms with Crippen LogP contribution < -0.4 is 5.32 Å². The van der Waals surface area contributed by atoms with Gasteiger partial charge in [0.15, 0.2) is 0 Å². The van der Waals surface area contributed by atoms with Crippen LogP contribution in [-0.4, -0.2) is 62.5 Å². The molecule has 0 saturated carbocycles. The molecule has 3 heterocycles. The third kappa shape index (κ3) is 3.96. The Labute approximate surface area is 167 Å². The predicted octanol–water partition coefficient (Wildman–Crippen LogP) is 2.14. The topological polar surface area (TPSA) is 60.0 Å². The summed E-state index contributed by atoms with van der Waals surface area (Å²) in [6.45, 7) is 9.33. The zero-order chi connectivity index (χ0) is 19.7. The van der Waals surface area contributed by atoms with Crippen molar-refractivity contribution < 1.29 is 19.0 Å². The van der Waals surface area contributed by atoms with Gasteiger partial charge in [-0.25, -0.2) is 0 Å². The van der Waals surface area contributed by atoms with Gasteiger partial charge in [-0.3, -0.25) is 9.69 Å². The van der Waals surface area contributed by atoms with Gasteiger partial charge in [-0.05, 0) is 31.4 Å². The molecule has 0 radical (unpaired) electrons. The third-order valence-electron chi connectivity index (χ3n) is 6.58. The van der Waals surface area contributed by atoms with Crippen molar-refractivity contribution in [2.75, 3.05) is 40.1 Å². The van der Waals surface area contributed by atoms with Crippen LogP contribution in [0.25, 0.3) is 0 Å². The molecule has 3 saturated heterocycles. The fraction of sp³-hybridized carbons (Fsp3) is 0.682. The highest BCUT2D eigenvalue weighted by molar-refractivity contribution is 5.73. The van der Waals surface area contributed by atoms with E-state index in [9.17, 15) is 4.79 Å². The van der Waals surface area contributed by atoms with E-state index in [0.29, 0.717) is 12.0 Å². The molecule has 154 valence electrons. The van der Waals surface area contributed by atoms with Gasteiger partial charge < -0.3 is 19.5 Å². The normalized spacial score (nSPS) is 32.7. The number of ether oxygens (including phenoxy) is 3. The molecule has 6 nitrogen and oxygen atoms in total. The number of carbonyl (C=O) groups is 1. The smallest absolute Gasteiger partial charge is 0.310 e. The standard InChI is InChI=1S/C22H32N2O4/c1-22(2)14-27-9-8-24(22)11-15-4-6-16(7-5-15)20-18(21(25)26-3)10-17-12-28-13-19(17)23-20/h4-7,17-20,23H,8-14H2,1-3H3. The van der Waals surface area contributed by atoms with Gasteiger partial charge in [-0.15, -0.1) is 0 Å². The molecule has 6 heteroatoms. The van der Waals surface area contributed by atoms with E-state index in [0.717, 1.165) is 51.5 Å². The van der Waals surface area contributed by atoms with Gasteiger partial charge in [0.2, 0.25) is 0 Å². The second kappa shape index (κ2) is 8.11. The van der Waals surface area contributed by atoms with Crippen molar-refractivity contribution in [1.82, 2.24) is 10.2 Å². The Kier molecular flexibility index (Phi) is 5.74. The number of rotatable bonds is 4. The number of hydrogen-bond donors (Lipinski definition) is 1. The van der Waals surface area contributed by atoms with E-state index in [1.54, 1.807) is 0 Å². The van der Waals surface area contributed by atoms with Crippen LogP contribution in [0.3, 0.4) is 0 Å². The van der Waals surface area contributed by atoms with Gasteiger partial charge in [0.25, 0.3) is 0 Å². The Hall–Kier alpha value is -1.47. The summed E-state index contributed by atoms with van der Waals surface area (Å²) in [6.07, 6.45) is 0.818. The average Bonchev–Trinajstić information content (AvgIpc) is 3.16. The quantitative estimate of drug-likeness (QED) is 0.798. The minimum atomic E-state index is -0.169. The summed E-state index contributed by atoms with van der Waals surface area (Å²) in [7, 11) is 1.48. The van der Waals surface area contributed by atoms with Crippen LogP contribution in [0.4, 0.5) is 0 Å². The van der Waals surface area contributed by atoms with Crippen LogP contribution >= 0.6 is 0 Å². The van der Waals surface area contributed by atoms with Crippen LogP contribution in [-0.2, 0) is 25.5 Å². The van der Waals surface area contributed by atoms with Crippen molar-refractivity contribution in [3.8, 4) is 0 Å². The van der Waals surface area contributed by atoms with Crippen molar-refractivity contribution in [3.05, 3.63) is 35.4 Å². The van der Waals surface area contributed by atoms with Gasteiger partial charge in [0.1, 0.15) is 0 Å². The molecule has 0 bridgehead atoms. The number of piperidine rings is 1. The minimum Gasteiger partial charge on any atom is -0.469 e. The average molecular weight is 389 g/mol. The maximum atomic E-state index is 12.4. The first-order valence-corrected chi connectivity index (χ1v) is 10.3. The van der Waals surface area contributed by atoms with Crippen molar-refractivity contribution in [2.24, 2.45) is 11.8 Å². The highest BCUT2D eigenvalue weighted by atomic mass is 16.5. The molecular weight excluding hydrogens is 356 g/mol. The van der Waals surface area contributed by atoms with Crippen molar-refractivity contribution in [2.45, 2.75) is 44.4 Å². The number of methoxy groups -OCH3 is 1. The lowest BCUT2D eigenvalue weighted by atomic mass is 9.78. The molecule has 3 aliphatic heterocycles. The summed E-state index contributed by atoms with van der Waals surface area (Å²) in [5.41, 5.74) is 2.48. The lowest BCUT2D eigenvalue weighted by Crippen LogP contribution is -2.52. The molecule has 28 heavy (non-hydrogen) atoms. The van der Waals surface area contributed by atoms with Crippen LogP contribution in [0.1, 0.15) is 37.4 Å². The molecule has 4 unspecified atom stereocenters. The van der Waals surface area contributed by atoms with E-state index < -0.39 is 0 Å². The second-order valence-electron chi connectivity index (χ2n) is 8.94. The van der Waals surface area contributed by atoms with Crippen molar-refractivity contribution in [1.29, 1.82) is 0 Å². The summed E-state index contributed by atoms with van der Waals surface area (Å²) >= 11 is 0. The summed E-state index contributed by atoms with van der Waals surface area (Å²) in [5, 5.41) is 3.66. The largest absolute Gasteiger partial charge is 0.469 e. The SMILES string of the molecule is COC(=O)C1CC2COCC2NC1c1ccc(CN2CCOCC2(C)C)cc1. The molecule has 3 aliphatic rings. The number of carbonyl (C=O) groups excluding carboxylic acids is 1. The van der Waals surface area contributed by atoms with E-state index >= 15 is 0 Å². The minimum absolute atomic E-state index is 0.0238. The van der Waals surface area contributed by atoms with Gasteiger partial charge >= 0.3 is 5.97 Å². The number of hydrogen-bond acceptors (Lipinski definition) is 6. The van der Waals surface area contributed by atoms with E-state index in [2.05, 4.69) is 48.3 Å². The summed E-state index contributed by atoms with van der Waals surface area (Å²) < 4.78 is 16.4. The summed E-state index contributed by atoms with van der Waals surface area (Å²) in [4.78, 5) is 14.9. The van der Waals surface area contributed by atoms with Crippen LogP contribution in [0.5, 0.6) is 0 Å². The molecule has 1 aromatic carbocycles. The maximum absolute atomic E-state index is 12.4. The first-order chi connectivity index (χ1) is 13.5. The van der Waals surface area contributed by atoms with E-state index in [1.807, 2.05) is 0 Å². The molecule has 1 N–H and O–H groups in total. The summed E-state index contributed by atoms with van der Waals surface area (Å²) in [6, 6.07) is 8.99. The van der Waals surface area contributed by atoms with E-state index in [-0.39, 0.29) is 23.5 Å². The fourth-order valence-corrected chi connectivity index (χ4v) is 4.77. The van der Waals surface area contributed by atoms with Crippen LogP contribution in [0.2, 0.25) is 0 Å². The molecule has 0 amide bonds. The third-order valence-corrected chi connectivity index (χ3v) is 6.58. The van der Waals surface area contributed by atoms with Gasteiger partial charge in [-0.2, -0.15) is 0 Å². The van der Waals surface area contributed by atoms with Crippen molar-refractivity contribution in [3.63, 3.8) is 0 Å². The van der Waals surface area contributed by atoms with Crippen LogP contribution in [0, 0.1) is 11.8 Å². The van der Waals surface area contributed by atoms with E-state index in [1.165, 1.54) is 12.7 Å². The molecular formula is C22H32N2O4. The van der Waals surface area contributed by atoms with Gasteiger partial charge in [0, 0.05) is 36.6 Å². The second-order valence-corrected chi connectivity index (χ2v) is 8.94. The Balaban J connectivity index is 1.49. The first kappa shape index (κ1) is 19.8. The number of benzene rings is 1.